The molecule has 1 aliphatic heterocycles. The number of ether oxygens (including phenoxy) is 3. The van der Waals surface area contributed by atoms with Crippen LogP contribution in [0.4, 0.5) is 5.13 Å². The van der Waals surface area contributed by atoms with Crippen LogP contribution in [0, 0.1) is 13.8 Å². The number of thiazole rings is 1. The first-order chi connectivity index (χ1) is 18.7. The number of aromatic nitrogens is 1. The summed E-state index contributed by atoms with van der Waals surface area (Å²) in [4.78, 5) is 45.3. The van der Waals surface area contributed by atoms with E-state index in [2.05, 4.69) is 11.6 Å². The lowest BCUT2D eigenvalue weighted by molar-refractivity contribution is -0.132. The van der Waals surface area contributed by atoms with Crippen LogP contribution < -0.4 is 14.4 Å². The second-order valence-corrected chi connectivity index (χ2v) is 9.63. The smallest absolute Gasteiger partial charge is 0.350 e. The summed E-state index contributed by atoms with van der Waals surface area (Å²) in [6, 6.07) is 10.9. The number of Topliss-reactive ketones (excluding diaryl/α,β-unsaturated/α-hetero) is 1. The fourth-order valence-electron chi connectivity index (χ4n) is 4.31. The van der Waals surface area contributed by atoms with Gasteiger partial charge >= 0.3 is 11.9 Å². The van der Waals surface area contributed by atoms with E-state index in [9.17, 15) is 19.5 Å². The van der Waals surface area contributed by atoms with E-state index in [1.54, 1.807) is 49.4 Å². The molecule has 1 amide bonds. The molecule has 0 unspecified atom stereocenters. The van der Waals surface area contributed by atoms with Crippen LogP contribution in [0.1, 0.15) is 45.0 Å². The summed E-state index contributed by atoms with van der Waals surface area (Å²) in [5, 5.41) is 11.5. The van der Waals surface area contributed by atoms with Crippen molar-refractivity contribution < 1.29 is 33.7 Å². The Kier molecular flexibility index (Phi) is 8.15. The summed E-state index contributed by atoms with van der Waals surface area (Å²) < 4.78 is 16.0. The Morgan fingerprint density at radius 3 is 2.51 bits per heavy atom. The zero-order valence-corrected chi connectivity index (χ0v) is 22.8. The van der Waals surface area contributed by atoms with Gasteiger partial charge in [-0.3, -0.25) is 14.5 Å². The van der Waals surface area contributed by atoms with Crippen molar-refractivity contribution in [3.8, 4) is 11.5 Å². The number of rotatable bonds is 9. The van der Waals surface area contributed by atoms with E-state index in [0.29, 0.717) is 34.9 Å². The van der Waals surface area contributed by atoms with Gasteiger partial charge in [0.25, 0.3) is 5.78 Å². The summed E-state index contributed by atoms with van der Waals surface area (Å²) in [6.45, 7) is 9.31. The van der Waals surface area contributed by atoms with Gasteiger partial charge in [0.2, 0.25) is 0 Å². The van der Waals surface area contributed by atoms with Gasteiger partial charge in [0.05, 0.1) is 31.0 Å². The standard InChI is InChI=1S/C29H28N2O7S/c1-6-14-38-28(35)26-17(4)30-29(39-26)31-23(18-8-11-20(12-9-18)37-7-2)22(25(33)27(31)34)24(32)19-10-13-21(36-5)16(3)15-19/h6,8-13,15,23,32H,1,7,14H2,2-5H3/t23-/m0/s1. The average Bonchev–Trinajstić information content (AvgIpc) is 3.44. The number of anilines is 1. The normalized spacial score (nSPS) is 16.3. The lowest BCUT2D eigenvalue weighted by Gasteiger charge is -2.23. The van der Waals surface area contributed by atoms with Crippen LogP contribution in [0.25, 0.3) is 5.76 Å². The summed E-state index contributed by atoms with van der Waals surface area (Å²) in [7, 11) is 1.54. The Hall–Kier alpha value is -4.44. The molecule has 1 aromatic heterocycles. The van der Waals surface area contributed by atoms with Gasteiger partial charge in [-0.2, -0.15) is 0 Å². The largest absolute Gasteiger partial charge is 0.507 e. The van der Waals surface area contributed by atoms with Gasteiger partial charge in [-0.1, -0.05) is 36.1 Å². The lowest BCUT2D eigenvalue weighted by Crippen LogP contribution is -2.29. The van der Waals surface area contributed by atoms with E-state index in [1.807, 2.05) is 13.8 Å². The molecule has 9 nitrogen and oxygen atoms in total. The van der Waals surface area contributed by atoms with Crippen LogP contribution in [-0.2, 0) is 14.3 Å². The van der Waals surface area contributed by atoms with Gasteiger partial charge < -0.3 is 19.3 Å². The van der Waals surface area contributed by atoms with Crippen molar-refractivity contribution in [3.05, 3.63) is 88.0 Å². The van der Waals surface area contributed by atoms with E-state index < -0.39 is 23.7 Å². The van der Waals surface area contributed by atoms with Crippen LogP contribution in [0.15, 0.2) is 60.7 Å². The Bertz CT molecular complexity index is 1470. The van der Waals surface area contributed by atoms with Gasteiger partial charge in [0.1, 0.15) is 28.7 Å². The van der Waals surface area contributed by atoms with E-state index >= 15 is 0 Å². The number of hydrogen-bond acceptors (Lipinski definition) is 9. The third kappa shape index (κ3) is 5.28. The molecule has 0 bridgehead atoms. The number of benzene rings is 2. The third-order valence-electron chi connectivity index (χ3n) is 6.13. The third-order valence-corrected chi connectivity index (χ3v) is 7.27. The number of aliphatic hydroxyl groups excluding tert-OH is 1. The maximum absolute atomic E-state index is 13.5. The number of ketones is 1. The lowest BCUT2D eigenvalue weighted by atomic mass is 9.95. The Labute approximate surface area is 230 Å². The van der Waals surface area contributed by atoms with Gasteiger partial charge in [0, 0.05) is 5.56 Å². The van der Waals surface area contributed by atoms with Crippen molar-refractivity contribution in [2.75, 3.05) is 25.2 Å². The molecule has 10 heteroatoms. The molecule has 0 aliphatic carbocycles. The van der Waals surface area contributed by atoms with Crippen molar-refractivity contribution in [3.63, 3.8) is 0 Å². The number of esters is 1. The number of carbonyl (C=O) groups is 3. The molecule has 202 valence electrons. The molecule has 2 heterocycles. The molecule has 1 saturated heterocycles. The van der Waals surface area contributed by atoms with Crippen molar-refractivity contribution in [1.29, 1.82) is 0 Å². The zero-order chi connectivity index (χ0) is 28.3. The van der Waals surface area contributed by atoms with Gasteiger partial charge in [0.15, 0.2) is 5.13 Å². The molecule has 1 N–H and O–H groups in total. The van der Waals surface area contributed by atoms with Crippen molar-refractivity contribution in [1.82, 2.24) is 4.98 Å². The predicted octanol–water partition coefficient (Wildman–Crippen LogP) is 5.14. The zero-order valence-electron chi connectivity index (χ0n) is 22.0. The van der Waals surface area contributed by atoms with E-state index in [1.165, 1.54) is 18.1 Å². The maximum Gasteiger partial charge on any atom is 0.350 e. The van der Waals surface area contributed by atoms with Crippen molar-refractivity contribution >= 4 is 39.9 Å². The van der Waals surface area contributed by atoms with Crippen LogP contribution in [0.3, 0.4) is 0 Å². The maximum atomic E-state index is 13.5. The first-order valence-electron chi connectivity index (χ1n) is 12.2. The molecule has 2 aromatic carbocycles. The highest BCUT2D eigenvalue weighted by atomic mass is 32.1. The first-order valence-corrected chi connectivity index (χ1v) is 13.0. The molecule has 0 spiro atoms. The molecule has 0 radical (unpaired) electrons. The predicted molar refractivity (Wildman–Crippen MR) is 147 cm³/mol. The van der Waals surface area contributed by atoms with Gasteiger partial charge in [-0.25, -0.2) is 9.78 Å². The number of hydrogen-bond donors (Lipinski definition) is 1. The monoisotopic (exact) mass is 548 g/mol. The fraction of sp³-hybridized carbons (Fsp3) is 0.241. The first kappa shape index (κ1) is 27.6. The molecule has 4 rings (SSSR count). The van der Waals surface area contributed by atoms with Crippen LogP contribution in [0.2, 0.25) is 0 Å². The number of aliphatic hydroxyl groups is 1. The van der Waals surface area contributed by atoms with E-state index in [4.69, 9.17) is 14.2 Å². The van der Waals surface area contributed by atoms with Crippen molar-refractivity contribution in [2.45, 2.75) is 26.8 Å². The molecule has 1 aliphatic rings. The van der Waals surface area contributed by atoms with Gasteiger partial charge in [-0.15, -0.1) is 0 Å². The summed E-state index contributed by atoms with van der Waals surface area (Å²) >= 11 is 0.935. The van der Waals surface area contributed by atoms with Crippen LogP contribution in [0.5, 0.6) is 11.5 Å². The topological polar surface area (TPSA) is 115 Å². The van der Waals surface area contributed by atoms with E-state index in [-0.39, 0.29) is 27.9 Å². The Morgan fingerprint density at radius 2 is 1.90 bits per heavy atom. The number of amides is 1. The Morgan fingerprint density at radius 1 is 1.18 bits per heavy atom. The minimum absolute atomic E-state index is 0.0173. The number of aryl methyl sites for hydroxylation is 2. The summed E-state index contributed by atoms with van der Waals surface area (Å²) in [6.07, 6.45) is 1.44. The minimum Gasteiger partial charge on any atom is -0.507 e. The fourth-order valence-corrected chi connectivity index (χ4v) is 5.30. The van der Waals surface area contributed by atoms with Crippen molar-refractivity contribution in [2.24, 2.45) is 0 Å². The highest BCUT2D eigenvalue weighted by Gasteiger charge is 2.48. The number of methoxy groups -OCH3 is 1. The highest BCUT2D eigenvalue weighted by molar-refractivity contribution is 7.17. The molecule has 39 heavy (non-hydrogen) atoms. The number of nitrogens with zero attached hydrogens (tertiary/aromatic N) is 2. The Balaban J connectivity index is 1.88. The van der Waals surface area contributed by atoms with Crippen LogP contribution in [-0.4, -0.2) is 48.1 Å². The SMILES string of the molecule is C=CCOC(=O)c1sc(N2C(=O)C(=O)C(=C(O)c3ccc(OC)c(C)c3)[C@@H]2c2ccc(OCC)cc2)nc1C. The molecule has 1 fully saturated rings. The molecular formula is C29H28N2O7S. The molecular weight excluding hydrogens is 520 g/mol. The summed E-state index contributed by atoms with van der Waals surface area (Å²) in [5.74, 6) is -1.46. The van der Waals surface area contributed by atoms with E-state index in [0.717, 1.165) is 16.9 Å². The summed E-state index contributed by atoms with van der Waals surface area (Å²) in [5.41, 5.74) is 1.89. The van der Waals surface area contributed by atoms with Gasteiger partial charge in [-0.05, 0) is 62.2 Å². The van der Waals surface area contributed by atoms with Crippen LogP contribution >= 0.6 is 11.3 Å². The molecule has 1 atom stereocenters. The molecule has 3 aromatic rings. The number of carbonyl (C=O) groups excluding carboxylic acids is 3. The highest BCUT2D eigenvalue weighted by Crippen LogP contribution is 2.44. The minimum atomic E-state index is -1.01. The average molecular weight is 549 g/mol. The second-order valence-electron chi connectivity index (χ2n) is 8.65. The molecule has 0 saturated carbocycles. The second kappa shape index (κ2) is 11.5. The quantitative estimate of drug-likeness (QED) is 0.129.